The maximum Gasteiger partial charge on any atom is 0.0723 e. The first-order valence-corrected chi connectivity index (χ1v) is 32.4. The summed E-state index contributed by atoms with van der Waals surface area (Å²) >= 11 is 11.7. The van der Waals surface area contributed by atoms with E-state index in [0.29, 0.717) is 0 Å². The van der Waals surface area contributed by atoms with Crippen molar-refractivity contribution in [2.24, 2.45) is 5.92 Å². The number of halogens is 2. The first-order chi connectivity index (χ1) is 33.3. The number of rotatable bonds is 11. The summed E-state index contributed by atoms with van der Waals surface area (Å²) in [7, 11) is -1.48. The third kappa shape index (κ3) is 16.7. The molecule has 1 heterocycles. The van der Waals surface area contributed by atoms with E-state index in [1.165, 1.54) is 85.5 Å². The molecule has 0 saturated heterocycles. The second-order valence-corrected chi connectivity index (χ2v) is 22.2. The molecule has 0 aliphatic heterocycles. The minimum atomic E-state index is -0.591. The fraction of sp³-hybridized carbons (Fsp3) is 0.102. The minimum absolute atomic E-state index is 0.446. The molecule has 8 aromatic carbocycles. The molecule has 10 rings (SSSR count). The Bertz CT molecular complexity index is 2310. The van der Waals surface area contributed by atoms with Gasteiger partial charge in [-0.2, -0.15) is 0 Å². The molecule has 0 N–H and O–H groups in total. The van der Waals surface area contributed by atoms with Gasteiger partial charge >= 0.3 is 66.2 Å². The zero-order valence-corrected chi connectivity index (χ0v) is 46.0. The largest absolute Gasteiger partial charge is 0.256 e. The Kier molecular flexibility index (Phi) is 24.6. The Morgan fingerprint density at radius 1 is 0.343 bits per heavy atom. The van der Waals surface area contributed by atoms with Gasteiger partial charge in [-0.1, -0.05) is 268 Å². The van der Waals surface area contributed by atoms with Gasteiger partial charge in [-0.15, -0.1) is 0 Å². The van der Waals surface area contributed by atoms with Gasteiger partial charge in [-0.3, -0.25) is 4.98 Å². The molecule has 1 nitrogen and oxygen atoms in total. The molecule has 0 unspecified atom stereocenters. The van der Waals surface area contributed by atoms with Crippen LogP contribution in [0.5, 0.6) is 0 Å². The van der Waals surface area contributed by atoms with E-state index < -0.39 is 23.8 Å². The van der Waals surface area contributed by atoms with E-state index in [4.69, 9.17) is 4.98 Å². The van der Waals surface area contributed by atoms with Crippen molar-refractivity contribution in [3.8, 4) is 0 Å². The maximum atomic E-state index is 4.80. The number of nitrogens with zero attached hydrogens (tertiary/aromatic N) is 1. The van der Waals surface area contributed by atoms with E-state index in [-0.39, 0.29) is 0 Å². The van der Waals surface area contributed by atoms with Crippen LogP contribution in [0, 0.1) is 5.92 Å². The zero-order valence-electron chi connectivity index (χ0n) is 37.1. The molecule has 1 aliphatic rings. The van der Waals surface area contributed by atoms with Gasteiger partial charge in [-0.05, 0) is 88.3 Å². The molecule has 1 aromatic heterocycles. The van der Waals surface area contributed by atoms with Crippen LogP contribution in [0.1, 0.15) is 31.2 Å². The van der Waals surface area contributed by atoms with Gasteiger partial charge < -0.3 is 0 Å². The van der Waals surface area contributed by atoms with Gasteiger partial charge in [-0.25, -0.2) is 0 Å². The Morgan fingerprint density at radius 2 is 0.582 bits per heavy atom. The predicted molar refractivity (Wildman–Crippen MR) is 307 cm³/mol. The quantitative estimate of drug-likeness (QED) is 0.0714. The molecule has 0 spiro atoms. The fourth-order valence-electron chi connectivity index (χ4n) is 8.18. The zero-order chi connectivity index (χ0) is 46.7. The van der Waals surface area contributed by atoms with E-state index >= 15 is 0 Å². The summed E-state index contributed by atoms with van der Waals surface area (Å²) in [5, 5.41) is 11.1. The number of benzene rings is 8. The molecule has 0 atom stereocenters. The summed E-state index contributed by atoms with van der Waals surface area (Å²) in [5.74, 6) is 0.870. The monoisotopic (exact) mass is 1250 g/mol. The molecule has 1 fully saturated rings. The molecule has 0 radical (unpaired) electrons. The third-order valence-corrected chi connectivity index (χ3v) is 18.4. The topological polar surface area (TPSA) is 12.9 Å². The van der Waals surface area contributed by atoms with Crippen molar-refractivity contribution in [3.63, 3.8) is 0 Å². The first kappa shape index (κ1) is 53.1. The van der Waals surface area contributed by atoms with Crippen molar-refractivity contribution in [2.75, 3.05) is 0 Å². The van der Waals surface area contributed by atoms with Gasteiger partial charge in [0, 0.05) is 14.1 Å². The molecule has 1 aliphatic carbocycles. The summed E-state index contributed by atoms with van der Waals surface area (Å²) in [6, 6.07) is 90.9. The Morgan fingerprint density at radius 3 is 0.836 bits per heavy atom. The van der Waals surface area contributed by atoms with Crippen LogP contribution in [0.2, 0.25) is 0 Å². The smallest absolute Gasteiger partial charge is 0.0723 e. The summed E-state index contributed by atoms with van der Waals surface area (Å²) in [5.41, 5.74) is 2.68. The van der Waals surface area contributed by atoms with Crippen LogP contribution in [-0.4, -0.2) is 4.98 Å². The molecule has 67 heavy (non-hydrogen) atoms. The molecule has 0 bridgehead atoms. The Balaban J connectivity index is 0.000000162. The van der Waals surface area contributed by atoms with E-state index in [0.717, 1.165) is 5.92 Å². The molecule has 9 aromatic rings. The predicted octanol–water partition coefficient (Wildman–Crippen LogP) is 13.2. The van der Waals surface area contributed by atoms with Crippen LogP contribution in [0.4, 0.5) is 0 Å². The normalized spacial score (nSPS) is 11.8. The van der Waals surface area contributed by atoms with Crippen molar-refractivity contribution >= 4 is 112 Å². The van der Waals surface area contributed by atoms with Gasteiger partial charge in [0.1, 0.15) is 0 Å². The molecule has 346 valence electrons. The SMILES string of the molecule is [Cu][I].[Cu][I].c1ccc(P(c2ccccc2)c2cc(CC3CCCC3)ccn2)cc1.c1ccc(P(c2ccccc2)c2ccccc2)cc1.c1ccc(P(c2ccccc2)c2ccccc2)cc1. The average molecular weight is 1250 g/mol. The number of hydrogen-bond donors (Lipinski definition) is 0. The van der Waals surface area contributed by atoms with Crippen molar-refractivity contribution in [3.05, 3.63) is 267 Å². The second kappa shape index (κ2) is 31.0. The van der Waals surface area contributed by atoms with E-state index in [1.54, 1.807) is 40.7 Å². The van der Waals surface area contributed by atoms with Crippen LogP contribution in [0.25, 0.3) is 0 Å². The van der Waals surface area contributed by atoms with Gasteiger partial charge in [0.05, 0.1) is 5.44 Å². The number of hydrogen-bond acceptors (Lipinski definition) is 1. The summed E-state index contributed by atoms with van der Waals surface area (Å²) in [6.07, 6.45) is 8.82. The minimum Gasteiger partial charge on any atom is -0.256 e. The molecule has 0 amide bonds. The maximum absolute atomic E-state index is 4.80. The summed E-state index contributed by atoms with van der Waals surface area (Å²) < 4.78 is 0. The fourth-order valence-corrected chi connectivity index (χ4v) is 15.0. The van der Waals surface area contributed by atoms with Gasteiger partial charge in [0.15, 0.2) is 0 Å². The van der Waals surface area contributed by atoms with E-state index in [1.807, 2.05) is 6.20 Å². The van der Waals surface area contributed by atoms with Crippen molar-refractivity contribution in [1.29, 1.82) is 0 Å². The van der Waals surface area contributed by atoms with Crippen LogP contribution < -0.4 is 47.9 Å². The van der Waals surface area contributed by atoms with Gasteiger partial charge in [0.25, 0.3) is 0 Å². The van der Waals surface area contributed by atoms with Crippen LogP contribution in [0.3, 0.4) is 0 Å². The first-order valence-electron chi connectivity index (χ1n) is 22.3. The van der Waals surface area contributed by atoms with Gasteiger partial charge in [0.2, 0.25) is 0 Å². The Hall–Kier alpha value is -3.30. The van der Waals surface area contributed by atoms with E-state index in [2.05, 4.69) is 280 Å². The van der Waals surface area contributed by atoms with Crippen LogP contribution in [0.15, 0.2) is 261 Å². The summed E-state index contributed by atoms with van der Waals surface area (Å²) in [4.78, 5) is 4.80. The van der Waals surface area contributed by atoms with Crippen LogP contribution >= 0.6 is 64.5 Å². The van der Waals surface area contributed by atoms with Crippen LogP contribution in [-0.2, 0) is 31.9 Å². The third-order valence-electron chi connectivity index (χ3n) is 11.2. The number of aromatic nitrogens is 1. The average Bonchev–Trinajstić information content (AvgIpc) is 3.94. The van der Waals surface area contributed by atoms with Crippen molar-refractivity contribution in [1.82, 2.24) is 4.98 Å². The Labute approximate surface area is 442 Å². The second-order valence-electron chi connectivity index (χ2n) is 15.6. The van der Waals surface area contributed by atoms with Crippen molar-refractivity contribution < 1.29 is 25.5 Å². The summed E-state index contributed by atoms with van der Waals surface area (Å²) in [6.45, 7) is 0. The van der Waals surface area contributed by atoms with E-state index in [9.17, 15) is 0 Å². The standard InChI is InChI=1S/C23H24NP.2C18H15P.2Cu.2HI/c1-3-11-21(12-4-1)25(22-13-5-2-6-14-22)23-18-20(15-16-24-23)17-19-9-7-8-10-19;2*1-4-10-16(11-5-1)19(17-12-6-2-7-13-17)18-14-8-3-9-15-18;;;;/h1-6,11-16,18-19H,7-10,17H2;2*1-15H;;;2*1H/q;;;2*+1;;/p-2. The molecular formula is C59H54Cu2I2NP3. The molecular weight excluding hydrogens is 1200 g/mol. The number of pyridine rings is 1. The molecule has 1 saturated carbocycles. The van der Waals surface area contributed by atoms with Crippen molar-refractivity contribution in [2.45, 2.75) is 32.1 Å². The molecule has 8 heteroatoms.